The maximum absolute atomic E-state index is 12.5. The van der Waals surface area contributed by atoms with Gasteiger partial charge in [-0.15, -0.1) is 0 Å². The zero-order valence-corrected chi connectivity index (χ0v) is 6.16. The van der Waals surface area contributed by atoms with Crippen molar-refractivity contribution in [3.63, 3.8) is 0 Å². The van der Waals surface area contributed by atoms with Gasteiger partial charge in [-0.05, 0) is 6.07 Å². The van der Waals surface area contributed by atoms with Gasteiger partial charge in [0.1, 0.15) is 5.82 Å². The fourth-order valence-corrected chi connectivity index (χ4v) is 0.880. The molecule has 0 bridgehead atoms. The predicted octanol–water partition coefficient (Wildman–Crippen LogP) is 1.40. The molecule has 5 heteroatoms. The van der Waals surface area contributed by atoms with E-state index in [4.69, 9.17) is 7.85 Å². The van der Waals surface area contributed by atoms with Crippen LogP contribution in [0, 0.1) is 15.9 Å². The second-order valence-corrected chi connectivity index (χ2v) is 2.23. The lowest BCUT2D eigenvalue weighted by Crippen LogP contribution is -1.96. The monoisotopic (exact) mass is 165 g/mol. The maximum Gasteiger partial charge on any atom is 0.274 e. The van der Waals surface area contributed by atoms with Gasteiger partial charge in [-0.3, -0.25) is 10.1 Å². The van der Waals surface area contributed by atoms with Gasteiger partial charge in [-0.25, -0.2) is 4.39 Å². The first-order valence-electron chi connectivity index (χ1n) is 3.28. The minimum absolute atomic E-state index is 0.0383. The van der Waals surface area contributed by atoms with Gasteiger partial charge in [-0.2, -0.15) is 0 Å². The molecular formula is C7H5BFNO2. The molecule has 0 fully saturated rings. The molecule has 12 heavy (non-hydrogen) atoms. The Morgan fingerprint density at radius 1 is 1.58 bits per heavy atom. The van der Waals surface area contributed by atoms with E-state index >= 15 is 0 Å². The highest BCUT2D eigenvalue weighted by Crippen LogP contribution is 2.18. The molecule has 0 aliphatic rings. The summed E-state index contributed by atoms with van der Waals surface area (Å²) in [7, 11) is 5.21. The molecule has 3 nitrogen and oxygen atoms in total. The van der Waals surface area contributed by atoms with Gasteiger partial charge in [-0.1, -0.05) is 12.4 Å². The van der Waals surface area contributed by atoms with E-state index in [1.807, 2.05) is 0 Å². The Hall–Kier alpha value is -1.39. The molecule has 0 heterocycles. The number of rotatable bonds is 2. The Kier molecular flexibility index (Phi) is 2.42. The maximum atomic E-state index is 12.5. The first-order chi connectivity index (χ1) is 5.65. The van der Waals surface area contributed by atoms with E-state index in [1.54, 1.807) is 0 Å². The Morgan fingerprint density at radius 3 is 2.75 bits per heavy atom. The van der Waals surface area contributed by atoms with Crippen LogP contribution in [0.15, 0.2) is 18.2 Å². The second kappa shape index (κ2) is 3.34. The minimum Gasteiger partial charge on any atom is -0.258 e. The van der Waals surface area contributed by atoms with Crippen LogP contribution in [-0.2, 0) is 6.32 Å². The molecular weight excluding hydrogens is 160 g/mol. The van der Waals surface area contributed by atoms with Crippen molar-refractivity contribution in [1.29, 1.82) is 0 Å². The average Bonchev–Trinajstić information content (AvgIpc) is 2.04. The summed E-state index contributed by atoms with van der Waals surface area (Å²) >= 11 is 0. The normalized spacial score (nSPS) is 9.75. The average molecular weight is 165 g/mol. The van der Waals surface area contributed by atoms with Crippen molar-refractivity contribution in [3.05, 3.63) is 39.7 Å². The van der Waals surface area contributed by atoms with Crippen molar-refractivity contribution >= 4 is 13.5 Å². The number of hydrogen-bond donors (Lipinski definition) is 0. The van der Waals surface area contributed by atoms with Crippen LogP contribution >= 0.6 is 0 Å². The van der Waals surface area contributed by atoms with Gasteiger partial charge < -0.3 is 0 Å². The van der Waals surface area contributed by atoms with E-state index < -0.39 is 10.7 Å². The lowest BCUT2D eigenvalue weighted by atomic mass is 9.96. The molecule has 1 aromatic rings. The smallest absolute Gasteiger partial charge is 0.258 e. The lowest BCUT2D eigenvalue weighted by molar-refractivity contribution is -0.385. The summed E-state index contributed by atoms with van der Waals surface area (Å²) in [6, 6.07) is 3.32. The summed E-state index contributed by atoms with van der Waals surface area (Å²) in [5, 5.41) is 10.3. The molecule has 1 rings (SSSR count). The van der Waals surface area contributed by atoms with E-state index in [1.165, 1.54) is 6.07 Å². The standard InChI is InChI=1S/C7H5BFNO2/c8-4-5-1-2-6(9)3-7(5)10(11)12/h1-3H,4H2. The van der Waals surface area contributed by atoms with Gasteiger partial charge in [0.15, 0.2) is 0 Å². The zero-order chi connectivity index (χ0) is 9.14. The third kappa shape index (κ3) is 1.61. The van der Waals surface area contributed by atoms with Crippen LogP contribution in [0.5, 0.6) is 0 Å². The SMILES string of the molecule is [B]Cc1ccc(F)cc1[N+](=O)[O-]. The van der Waals surface area contributed by atoms with Crippen LogP contribution in [0.4, 0.5) is 10.1 Å². The lowest BCUT2D eigenvalue weighted by Gasteiger charge is -1.98. The van der Waals surface area contributed by atoms with Crippen molar-refractivity contribution in [1.82, 2.24) is 0 Å². The topological polar surface area (TPSA) is 43.1 Å². The number of nitrogens with zero attached hydrogens (tertiary/aromatic N) is 1. The Bertz CT molecular complexity index is 316. The number of benzene rings is 1. The first kappa shape index (κ1) is 8.71. The third-order valence-electron chi connectivity index (χ3n) is 1.46. The summed E-state index contributed by atoms with van der Waals surface area (Å²) < 4.78 is 12.5. The molecule has 0 saturated heterocycles. The Morgan fingerprint density at radius 2 is 2.25 bits per heavy atom. The summed E-state index contributed by atoms with van der Waals surface area (Å²) in [4.78, 5) is 9.67. The van der Waals surface area contributed by atoms with Crippen LogP contribution in [-0.4, -0.2) is 12.8 Å². The van der Waals surface area contributed by atoms with E-state index in [2.05, 4.69) is 0 Å². The van der Waals surface area contributed by atoms with Gasteiger partial charge >= 0.3 is 0 Å². The van der Waals surface area contributed by atoms with Crippen LogP contribution < -0.4 is 0 Å². The molecule has 1 aromatic carbocycles. The van der Waals surface area contributed by atoms with Crippen molar-refractivity contribution < 1.29 is 9.31 Å². The second-order valence-electron chi connectivity index (χ2n) is 2.23. The highest BCUT2D eigenvalue weighted by Gasteiger charge is 2.12. The van der Waals surface area contributed by atoms with E-state index in [-0.39, 0.29) is 12.0 Å². The molecule has 60 valence electrons. The van der Waals surface area contributed by atoms with Gasteiger partial charge in [0.25, 0.3) is 5.69 Å². The quantitative estimate of drug-likeness (QED) is 0.377. The van der Waals surface area contributed by atoms with Crippen molar-refractivity contribution in [2.24, 2.45) is 0 Å². The largest absolute Gasteiger partial charge is 0.274 e. The molecule has 2 radical (unpaired) electrons. The molecule has 0 saturated carbocycles. The Labute approximate surface area is 69.8 Å². The van der Waals surface area contributed by atoms with Crippen molar-refractivity contribution in [3.8, 4) is 0 Å². The highest BCUT2D eigenvalue weighted by molar-refractivity contribution is 6.08. The van der Waals surface area contributed by atoms with E-state index in [9.17, 15) is 14.5 Å². The Balaban J connectivity index is 3.21. The highest BCUT2D eigenvalue weighted by atomic mass is 19.1. The number of halogens is 1. The summed E-state index contributed by atoms with van der Waals surface area (Å²) in [5.41, 5.74) is 0.0684. The molecule has 0 aliphatic carbocycles. The summed E-state index contributed by atoms with van der Waals surface area (Å²) in [6.45, 7) is 0. The van der Waals surface area contributed by atoms with Crippen LogP contribution in [0.3, 0.4) is 0 Å². The molecule has 0 aromatic heterocycles. The molecule has 0 atom stereocenters. The summed E-state index contributed by atoms with van der Waals surface area (Å²) in [6.07, 6.45) is 0.0383. The molecule has 0 aliphatic heterocycles. The number of nitro benzene ring substituents is 1. The van der Waals surface area contributed by atoms with Gasteiger partial charge in [0.2, 0.25) is 0 Å². The fraction of sp³-hybridized carbons (Fsp3) is 0.143. The van der Waals surface area contributed by atoms with Gasteiger partial charge in [0.05, 0.1) is 18.8 Å². The number of nitro groups is 1. The molecule has 0 spiro atoms. The molecule has 0 N–H and O–H groups in total. The third-order valence-corrected chi connectivity index (χ3v) is 1.46. The minimum atomic E-state index is -0.648. The van der Waals surface area contributed by atoms with Crippen LogP contribution in [0.2, 0.25) is 0 Å². The van der Waals surface area contributed by atoms with E-state index in [0.29, 0.717) is 5.56 Å². The van der Waals surface area contributed by atoms with Crippen LogP contribution in [0.25, 0.3) is 0 Å². The summed E-state index contributed by atoms with van der Waals surface area (Å²) in [5.74, 6) is -0.626. The zero-order valence-electron chi connectivity index (χ0n) is 6.16. The predicted molar refractivity (Wildman–Crippen MR) is 42.5 cm³/mol. The van der Waals surface area contributed by atoms with E-state index in [0.717, 1.165) is 12.1 Å². The first-order valence-corrected chi connectivity index (χ1v) is 3.28. The van der Waals surface area contributed by atoms with Crippen molar-refractivity contribution in [2.75, 3.05) is 0 Å². The van der Waals surface area contributed by atoms with Crippen LogP contribution in [0.1, 0.15) is 5.56 Å². The molecule has 0 unspecified atom stereocenters. The van der Waals surface area contributed by atoms with Gasteiger partial charge in [0, 0.05) is 5.56 Å². The van der Waals surface area contributed by atoms with Crippen molar-refractivity contribution in [2.45, 2.75) is 6.32 Å². The fourth-order valence-electron chi connectivity index (χ4n) is 0.880. The number of hydrogen-bond acceptors (Lipinski definition) is 2. The molecule has 0 amide bonds.